The molecule has 0 saturated carbocycles. The summed E-state index contributed by atoms with van der Waals surface area (Å²) in [6, 6.07) is 7.31. The fourth-order valence-corrected chi connectivity index (χ4v) is 1.79. The molecule has 0 radical (unpaired) electrons. The van der Waals surface area contributed by atoms with Gasteiger partial charge in [0, 0.05) is 21.7 Å². The van der Waals surface area contributed by atoms with Crippen molar-refractivity contribution in [1.29, 1.82) is 0 Å². The van der Waals surface area contributed by atoms with Crippen LogP contribution in [0.2, 0.25) is 5.02 Å². The average molecular weight is 220 g/mol. The number of aryl methyl sites for hydroxylation is 1. The maximum absolute atomic E-state index is 11.4. The van der Waals surface area contributed by atoms with Gasteiger partial charge in [0.25, 0.3) is 0 Å². The van der Waals surface area contributed by atoms with E-state index in [-0.39, 0.29) is 5.78 Å². The molecule has 1 aromatic heterocycles. The molecule has 0 atom stereocenters. The topological polar surface area (TPSA) is 30.0 Å². The van der Waals surface area contributed by atoms with Gasteiger partial charge in [-0.3, -0.25) is 9.78 Å². The van der Waals surface area contributed by atoms with Gasteiger partial charge in [0.05, 0.1) is 5.52 Å². The van der Waals surface area contributed by atoms with E-state index in [1.807, 2.05) is 25.1 Å². The van der Waals surface area contributed by atoms with Gasteiger partial charge >= 0.3 is 0 Å². The molecule has 2 rings (SSSR count). The molecule has 1 heterocycles. The smallest absolute Gasteiger partial charge is 0.162 e. The van der Waals surface area contributed by atoms with E-state index in [0.717, 1.165) is 16.6 Å². The van der Waals surface area contributed by atoms with E-state index in [1.165, 1.54) is 6.92 Å². The van der Waals surface area contributed by atoms with Crippen molar-refractivity contribution in [2.75, 3.05) is 0 Å². The Morgan fingerprint density at radius 1 is 1.33 bits per heavy atom. The van der Waals surface area contributed by atoms with Crippen LogP contribution in [-0.4, -0.2) is 10.8 Å². The number of halogens is 1. The Morgan fingerprint density at radius 2 is 2.07 bits per heavy atom. The zero-order valence-corrected chi connectivity index (χ0v) is 9.30. The van der Waals surface area contributed by atoms with Gasteiger partial charge in [-0.1, -0.05) is 17.7 Å². The summed E-state index contributed by atoms with van der Waals surface area (Å²) in [5.74, 6) is -0.0133. The molecule has 2 nitrogen and oxygen atoms in total. The summed E-state index contributed by atoms with van der Waals surface area (Å²) in [5.41, 5.74) is 2.21. The maximum atomic E-state index is 11.4. The number of hydrogen-bond acceptors (Lipinski definition) is 2. The van der Waals surface area contributed by atoms with Gasteiger partial charge in [-0.15, -0.1) is 0 Å². The first-order valence-corrected chi connectivity index (χ1v) is 5.03. The molecule has 0 spiro atoms. The molecule has 0 aliphatic rings. The lowest BCUT2D eigenvalue weighted by Gasteiger charge is -2.04. The van der Waals surface area contributed by atoms with Crippen molar-refractivity contribution in [3.63, 3.8) is 0 Å². The number of pyridine rings is 1. The van der Waals surface area contributed by atoms with Gasteiger partial charge in [0.15, 0.2) is 5.78 Å². The van der Waals surface area contributed by atoms with Crippen molar-refractivity contribution in [2.24, 2.45) is 0 Å². The molecule has 1 aromatic carbocycles. The van der Waals surface area contributed by atoms with Crippen molar-refractivity contribution in [3.05, 3.63) is 40.5 Å². The standard InChI is InChI=1S/C12H10ClNO/c1-7-3-4-9-5-10(13)6-11(8(2)15)12(9)14-7/h3-6H,1-2H3. The molecule has 0 saturated heterocycles. The lowest BCUT2D eigenvalue weighted by Crippen LogP contribution is -1.96. The predicted molar refractivity (Wildman–Crippen MR) is 61.5 cm³/mol. The van der Waals surface area contributed by atoms with Crippen LogP contribution in [0, 0.1) is 6.92 Å². The molecule has 2 aromatic rings. The number of benzene rings is 1. The zero-order valence-electron chi connectivity index (χ0n) is 8.54. The number of nitrogens with zero attached hydrogens (tertiary/aromatic N) is 1. The van der Waals surface area contributed by atoms with Gasteiger partial charge < -0.3 is 0 Å². The number of aromatic nitrogens is 1. The third kappa shape index (κ3) is 1.85. The summed E-state index contributed by atoms with van der Waals surface area (Å²) in [5, 5.41) is 1.47. The van der Waals surface area contributed by atoms with Crippen LogP contribution >= 0.6 is 11.6 Å². The minimum Gasteiger partial charge on any atom is -0.294 e. The molecule has 0 aliphatic heterocycles. The lowest BCUT2D eigenvalue weighted by atomic mass is 10.1. The second-order valence-corrected chi connectivity index (χ2v) is 3.97. The number of carbonyl (C=O) groups excluding carboxylic acids is 1. The first-order valence-electron chi connectivity index (χ1n) is 4.66. The van der Waals surface area contributed by atoms with Crippen molar-refractivity contribution >= 4 is 28.3 Å². The first kappa shape index (κ1) is 10.1. The van der Waals surface area contributed by atoms with Crippen molar-refractivity contribution < 1.29 is 4.79 Å². The van der Waals surface area contributed by atoms with E-state index in [9.17, 15) is 4.79 Å². The van der Waals surface area contributed by atoms with Crippen LogP contribution in [0.1, 0.15) is 23.0 Å². The molecule has 0 fully saturated rings. The minimum absolute atomic E-state index is 0.0133. The van der Waals surface area contributed by atoms with Crippen LogP contribution < -0.4 is 0 Å². The summed E-state index contributed by atoms with van der Waals surface area (Å²) < 4.78 is 0. The summed E-state index contributed by atoms with van der Waals surface area (Å²) >= 11 is 5.93. The van der Waals surface area contributed by atoms with E-state index >= 15 is 0 Å². The normalized spacial score (nSPS) is 10.6. The molecule has 0 aliphatic carbocycles. The van der Waals surface area contributed by atoms with Crippen LogP contribution in [0.15, 0.2) is 24.3 Å². The van der Waals surface area contributed by atoms with E-state index in [4.69, 9.17) is 11.6 Å². The highest BCUT2D eigenvalue weighted by Gasteiger charge is 2.08. The number of Topliss-reactive ketones (excluding diaryl/α,β-unsaturated/α-hetero) is 1. The molecule has 3 heteroatoms. The van der Waals surface area contributed by atoms with Crippen molar-refractivity contribution in [3.8, 4) is 0 Å². The van der Waals surface area contributed by atoms with Gasteiger partial charge in [0.1, 0.15) is 0 Å². The number of hydrogen-bond donors (Lipinski definition) is 0. The van der Waals surface area contributed by atoms with Crippen LogP contribution in [0.3, 0.4) is 0 Å². The largest absolute Gasteiger partial charge is 0.294 e. The van der Waals surface area contributed by atoms with Crippen LogP contribution in [0.4, 0.5) is 0 Å². The molecule has 0 bridgehead atoms. The fourth-order valence-electron chi connectivity index (χ4n) is 1.56. The Bertz CT molecular complexity index is 549. The number of ketones is 1. The zero-order chi connectivity index (χ0) is 11.0. The van der Waals surface area contributed by atoms with Crippen LogP contribution in [0.5, 0.6) is 0 Å². The van der Waals surface area contributed by atoms with E-state index in [0.29, 0.717) is 10.6 Å². The van der Waals surface area contributed by atoms with Crippen LogP contribution in [-0.2, 0) is 0 Å². The third-order valence-corrected chi connectivity index (χ3v) is 2.49. The third-order valence-electron chi connectivity index (χ3n) is 2.28. The highest BCUT2D eigenvalue weighted by Crippen LogP contribution is 2.23. The molecular weight excluding hydrogens is 210 g/mol. The first-order chi connectivity index (χ1) is 7.08. The SMILES string of the molecule is CC(=O)c1cc(Cl)cc2ccc(C)nc12. The number of fused-ring (bicyclic) bond motifs is 1. The summed E-state index contributed by atoms with van der Waals surface area (Å²) in [6.45, 7) is 3.42. The molecule has 0 unspecified atom stereocenters. The Balaban J connectivity index is 2.87. The Labute approximate surface area is 92.9 Å². The quantitative estimate of drug-likeness (QED) is 0.688. The number of carbonyl (C=O) groups is 1. The highest BCUT2D eigenvalue weighted by molar-refractivity contribution is 6.32. The Hall–Kier alpha value is -1.41. The Morgan fingerprint density at radius 3 is 2.73 bits per heavy atom. The predicted octanol–water partition coefficient (Wildman–Crippen LogP) is 3.40. The summed E-state index contributed by atoms with van der Waals surface area (Å²) in [4.78, 5) is 15.8. The van der Waals surface area contributed by atoms with E-state index < -0.39 is 0 Å². The molecule has 76 valence electrons. The molecule has 0 N–H and O–H groups in total. The Kier molecular flexibility index (Phi) is 2.45. The molecule has 15 heavy (non-hydrogen) atoms. The van der Waals surface area contributed by atoms with Gasteiger partial charge in [0.2, 0.25) is 0 Å². The second kappa shape index (κ2) is 3.63. The van der Waals surface area contributed by atoms with E-state index in [2.05, 4.69) is 4.98 Å². The summed E-state index contributed by atoms with van der Waals surface area (Å²) in [6.07, 6.45) is 0. The maximum Gasteiger partial charge on any atom is 0.162 e. The fraction of sp³-hybridized carbons (Fsp3) is 0.167. The molecule has 0 amide bonds. The minimum atomic E-state index is -0.0133. The number of rotatable bonds is 1. The van der Waals surface area contributed by atoms with Gasteiger partial charge in [-0.2, -0.15) is 0 Å². The van der Waals surface area contributed by atoms with Gasteiger partial charge in [-0.05, 0) is 32.0 Å². The van der Waals surface area contributed by atoms with E-state index in [1.54, 1.807) is 6.07 Å². The van der Waals surface area contributed by atoms with Crippen LogP contribution in [0.25, 0.3) is 10.9 Å². The monoisotopic (exact) mass is 219 g/mol. The molecular formula is C12H10ClNO. The van der Waals surface area contributed by atoms with Gasteiger partial charge in [-0.25, -0.2) is 0 Å². The lowest BCUT2D eigenvalue weighted by molar-refractivity contribution is 0.101. The van der Waals surface area contributed by atoms with Crippen molar-refractivity contribution in [1.82, 2.24) is 4.98 Å². The summed E-state index contributed by atoms with van der Waals surface area (Å²) in [7, 11) is 0. The second-order valence-electron chi connectivity index (χ2n) is 3.53. The van der Waals surface area contributed by atoms with Crippen molar-refractivity contribution in [2.45, 2.75) is 13.8 Å². The highest BCUT2D eigenvalue weighted by atomic mass is 35.5. The average Bonchev–Trinajstić information content (AvgIpc) is 2.17.